The van der Waals surface area contributed by atoms with Crippen LogP contribution in [0.25, 0.3) is 0 Å². The maximum absolute atomic E-state index is 5.69. The smallest absolute Gasteiger partial charge is 0.225 e. The summed E-state index contributed by atoms with van der Waals surface area (Å²) >= 11 is 0. The SMILES string of the molecule is CCCOc1ccnc(NCCC2CCCCO2)n1. The van der Waals surface area contributed by atoms with Gasteiger partial charge in [0.2, 0.25) is 11.8 Å². The largest absolute Gasteiger partial charge is 0.478 e. The first-order valence-electron chi connectivity index (χ1n) is 7.20. The van der Waals surface area contributed by atoms with Gasteiger partial charge in [0.1, 0.15) is 0 Å². The van der Waals surface area contributed by atoms with Gasteiger partial charge in [0.15, 0.2) is 0 Å². The zero-order chi connectivity index (χ0) is 13.3. The van der Waals surface area contributed by atoms with E-state index in [1.54, 1.807) is 12.3 Å². The van der Waals surface area contributed by atoms with E-state index in [1.165, 1.54) is 19.3 Å². The molecule has 1 aliphatic rings. The van der Waals surface area contributed by atoms with Crippen molar-refractivity contribution >= 4 is 5.95 Å². The van der Waals surface area contributed by atoms with Gasteiger partial charge in [-0.1, -0.05) is 6.92 Å². The van der Waals surface area contributed by atoms with E-state index >= 15 is 0 Å². The molecule has 2 rings (SSSR count). The van der Waals surface area contributed by atoms with Crippen LogP contribution in [0.15, 0.2) is 12.3 Å². The van der Waals surface area contributed by atoms with E-state index in [0.717, 1.165) is 26.0 Å². The molecule has 5 nitrogen and oxygen atoms in total. The first-order chi connectivity index (χ1) is 9.38. The molecule has 1 atom stereocenters. The Kier molecular flexibility index (Phi) is 5.88. The minimum Gasteiger partial charge on any atom is -0.478 e. The second-order valence-corrected chi connectivity index (χ2v) is 4.77. The second kappa shape index (κ2) is 7.94. The van der Waals surface area contributed by atoms with Crippen molar-refractivity contribution in [2.24, 2.45) is 0 Å². The van der Waals surface area contributed by atoms with Crippen LogP contribution < -0.4 is 10.1 Å². The highest BCUT2D eigenvalue weighted by Crippen LogP contribution is 2.15. The summed E-state index contributed by atoms with van der Waals surface area (Å²) in [4.78, 5) is 8.49. The summed E-state index contributed by atoms with van der Waals surface area (Å²) in [6.45, 7) is 4.50. The normalized spacial score (nSPS) is 19.1. The summed E-state index contributed by atoms with van der Waals surface area (Å²) in [5.74, 6) is 1.26. The molecule has 106 valence electrons. The predicted octanol–water partition coefficient (Wildman–Crippen LogP) is 2.64. The minimum absolute atomic E-state index is 0.390. The van der Waals surface area contributed by atoms with Crippen LogP contribution in [0.4, 0.5) is 5.95 Å². The highest BCUT2D eigenvalue weighted by molar-refractivity contribution is 5.27. The molecular formula is C14H23N3O2. The van der Waals surface area contributed by atoms with Crippen LogP contribution in [-0.2, 0) is 4.74 Å². The number of nitrogens with one attached hydrogen (secondary N) is 1. The third kappa shape index (κ3) is 5.03. The first-order valence-corrected chi connectivity index (χ1v) is 7.20. The molecule has 1 aliphatic heterocycles. The summed E-state index contributed by atoms with van der Waals surface area (Å²) in [7, 11) is 0. The molecule has 5 heteroatoms. The number of aromatic nitrogens is 2. The van der Waals surface area contributed by atoms with E-state index in [-0.39, 0.29) is 0 Å². The third-order valence-corrected chi connectivity index (χ3v) is 3.11. The third-order valence-electron chi connectivity index (χ3n) is 3.11. The van der Waals surface area contributed by atoms with Gasteiger partial charge in [0.25, 0.3) is 0 Å². The van der Waals surface area contributed by atoms with E-state index in [9.17, 15) is 0 Å². The van der Waals surface area contributed by atoms with E-state index < -0.39 is 0 Å². The molecule has 1 N–H and O–H groups in total. The lowest BCUT2D eigenvalue weighted by Gasteiger charge is -2.22. The van der Waals surface area contributed by atoms with Crippen LogP contribution in [0.3, 0.4) is 0 Å². The number of hydrogen-bond donors (Lipinski definition) is 1. The number of anilines is 1. The Labute approximate surface area is 114 Å². The Morgan fingerprint density at radius 1 is 1.47 bits per heavy atom. The van der Waals surface area contributed by atoms with Gasteiger partial charge in [-0.25, -0.2) is 4.98 Å². The van der Waals surface area contributed by atoms with Gasteiger partial charge in [-0.15, -0.1) is 0 Å². The number of nitrogens with zero attached hydrogens (tertiary/aromatic N) is 2. The van der Waals surface area contributed by atoms with Crippen molar-refractivity contribution in [2.45, 2.75) is 45.1 Å². The molecule has 1 aromatic rings. The van der Waals surface area contributed by atoms with Crippen LogP contribution in [-0.4, -0.2) is 35.8 Å². The van der Waals surface area contributed by atoms with E-state index in [1.807, 2.05) is 0 Å². The highest BCUT2D eigenvalue weighted by Gasteiger charge is 2.13. The van der Waals surface area contributed by atoms with Crippen LogP contribution >= 0.6 is 0 Å². The average Bonchev–Trinajstić information content (AvgIpc) is 2.47. The molecule has 19 heavy (non-hydrogen) atoms. The summed E-state index contributed by atoms with van der Waals surface area (Å²) in [5.41, 5.74) is 0. The van der Waals surface area contributed by atoms with Gasteiger partial charge in [-0.05, 0) is 32.1 Å². The Morgan fingerprint density at radius 3 is 3.21 bits per heavy atom. The van der Waals surface area contributed by atoms with Gasteiger partial charge in [0, 0.05) is 25.4 Å². The summed E-state index contributed by atoms with van der Waals surface area (Å²) in [5, 5.41) is 3.23. The Morgan fingerprint density at radius 2 is 2.42 bits per heavy atom. The van der Waals surface area contributed by atoms with Gasteiger partial charge >= 0.3 is 0 Å². The van der Waals surface area contributed by atoms with Crippen molar-refractivity contribution in [3.05, 3.63) is 12.3 Å². The molecule has 0 amide bonds. The van der Waals surface area contributed by atoms with Crippen molar-refractivity contribution in [2.75, 3.05) is 25.1 Å². The van der Waals surface area contributed by atoms with Gasteiger partial charge in [0.05, 0.1) is 12.7 Å². The zero-order valence-electron chi connectivity index (χ0n) is 11.6. The molecule has 1 unspecified atom stereocenters. The molecule has 1 saturated heterocycles. The summed E-state index contributed by atoms with van der Waals surface area (Å²) in [6.07, 6.45) is 7.74. The first kappa shape index (κ1) is 14.1. The molecule has 0 aromatic carbocycles. The van der Waals surface area contributed by atoms with Gasteiger partial charge in [-0.3, -0.25) is 0 Å². The minimum atomic E-state index is 0.390. The fourth-order valence-corrected chi connectivity index (χ4v) is 2.09. The number of hydrogen-bond acceptors (Lipinski definition) is 5. The van der Waals surface area contributed by atoms with Crippen molar-refractivity contribution in [3.8, 4) is 5.88 Å². The molecule has 0 bridgehead atoms. The molecule has 0 aliphatic carbocycles. The topological polar surface area (TPSA) is 56.3 Å². The molecule has 2 heterocycles. The standard InChI is InChI=1S/C14H23N3O2/c1-2-10-19-13-7-9-16-14(17-13)15-8-6-12-5-3-4-11-18-12/h7,9,12H,2-6,8,10-11H2,1H3,(H,15,16,17). The maximum Gasteiger partial charge on any atom is 0.225 e. The van der Waals surface area contributed by atoms with Crippen LogP contribution in [0.5, 0.6) is 5.88 Å². The van der Waals surface area contributed by atoms with Crippen LogP contribution in [0, 0.1) is 0 Å². The fourth-order valence-electron chi connectivity index (χ4n) is 2.09. The summed E-state index contributed by atoms with van der Waals surface area (Å²) in [6, 6.07) is 1.78. The monoisotopic (exact) mass is 265 g/mol. The average molecular weight is 265 g/mol. The molecule has 0 saturated carbocycles. The zero-order valence-corrected chi connectivity index (χ0v) is 11.6. The van der Waals surface area contributed by atoms with Crippen molar-refractivity contribution in [3.63, 3.8) is 0 Å². The quantitative estimate of drug-likeness (QED) is 0.821. The lowest BCUT2D eigenvalue weighted by atomic mass is 10.1. The lowest BCUT2D eigenvalue weighted by Crippen LogP contribution is -2.22. The van der Waals surface area contributed by atoms with E-state index in [4.69, 9.17) is 9.47 Å². The van der Waals surface area contributed by atoms with Gasteiger partial charge in [-0.2, -0.15) is 4.98 Å². The second-order valence-electron chi connectivity index (χ2n) is 4.77. The van der Waals surface area contributed by atoms with Crippen molar-refractivity contribution in [1.29, 1.82) is 0 Å². The molecule has 0 spiro atoms. The van der Waals surface area contributed by atoms with Crippen LogP contribution in [0.1, 0.15) is 39.0 Å². The molecular weight excluding hydrogens is 242 g/mol. The van der Waals surface area contributed by atoms with E-state index in [0.29, 0.717) is 24.5 Å². The van der Waals surface area contributed by atoms with E-state index in [2.05, 4.69) is 22.2 Å². The fraction of sp³-hybridized carbons (Fsp3) is 0.714. The molecule has 1 aromatic heterocycles. The molecule has 0 radical (unpaired) electrons. The molecule has 1 fully saturated rings. The van der Waals surface area contributed by atoms with Crippen molar-refractivity contribution in [1.82, 2.24) is 9.97 Å². The Hall–Kier alpha value is -1.36. The van der Waals surface area contributed by atoms with Crippen molar-refractivity contribution < 1.29 is 9.47 Å². The summed E-state index contributed by atoms with van der Waals surface area (Å²) < 4.78 is 11.2. The van der Waals surface area contributed by atoms with Gasteiger partial charge < -0.3 is 14.8 Å². The Bertz CT molecular complexity index is 367. The lowest BCUT2D eigenvalue weighted by molar-refractivity contribution is 0.0134. The number of rotatable bonds is 7. The highest BCUT2D eigenvalue weighted by atomic mass is 16.5. The predicted molar refractivity (Wildman–Crippen MR) is 74.5 cm³/mol. The number of ether oxygens (including phenoxy) is 2. The maximum atomic E-state index is 5.69. The van der Waals surface area contributed by atoms with Crippen LogP contribution in [0.2, 0.25) is 0 Å². The Balaban J connectivity index is 1.72.